The van der Waals surface area contributed by atoms with Gasteiger partial charge in [0.1, 0.15) is 18.0 Å². The first kappa shape index (κ1) is 24.1. The highest BCUT2D eigenvalue weighted by Gasteiger charge is 2.37. The number of nitrogens with one attached hydrogen (secondary N) is 1. The van der Waals surface area contributed by atoms with Crippen LogP contribution in [0, 0.1) is 15.9 Å². The Labute approximate surface area is 203 Å². The van der Waals surface area contributed by atoms with Crippen molar-refractivity contribution in [1.29, 1.82) is 0 Å². The van der Waals surface area contributed by atoms with Crippen LogP contribution >= 0.6 is 0 Å². The van der Waals surface area contributed by atoms with Gasteiger partial charge in [-0.05, 0) is 53.6 Å². The van der Waals surface area contributed by atoms with Crippen molar-refractivity contribution in [3.63, 3.8) is 0 Å². The number of carbonyl (C=O) groups is 3. The molecule has 1 saturated heterocycles. The third-order valence-electron chi connectivity index (χ3n) is 5.20. The lowest BCUT2D eigenvalue weighted by Gasteiger charge is -2.26. The van der Waals surface area contributed by atoms with E-state index in [0.29, 0.717) is 27.5 Å². The number of anilines is 1. The molecule has 0 atom stereocenters. The van der Waals surface area contributed by atoms with E-state index in [2.05, 4.69) is 5.32 Å². The number of carbonyl (C=O) groups excluding carboxylic acids is 3. The maximum Gasteiger partial charge on any atom is 0.335 e. The number of halogens is 1. The maximum absolute atomic E-state index is 13.4. The van der Waals surface area contributed by atoms with Crippen LogP contribution in [0.3, 0.4) is 0 Å². The van der Waals surface area contributed by atoms with Gasteiger partial charge in [-0.15, -0.1) is 0 Å². The molecule has 3 aromatic rings. The molecule has 4 amide bonds. The van der Waals surface area contributed by atoms with Gasteiger partial charge in [0.25, 0.3) is 17.5 Å². The second kappa shape index (κ2) is 10.1. The van der Waals surface area contributed by atoms with Gasteiger partial charge in [0.05, 0.1) is 17.7 Å². The molecule has 0 aliphatic carbocycles. The molecule has 1 aliphatic heterocycles. The number of barbiturate groups is 1. The monoisotopic (exact) mass is 491 g/mol. The number of hydrogen-bond acceptors (Lipinski definition) is 7. The molecular formula is C25H18FN3O7. The van der Waals surface area contributed by atoms with Crippen LogP contribution in [-0.4, -0.2) is 29.9 Å². The molecule has 0 bridgehead atoms. The average Bonchev–Trinajstić information content (AvgIpc) is 2.86. The topological polar surface area (TPSA) is 128 Å². The Hall–Kier alpha value is -5.06. The molecular weight excluding hydrogens is 473 g/mol. The molecule has 0 aromatic heterocycles. The number of rotatable bonds is 7. The van der Waals surface area contributed by atoms with Crippen LogP contribution in [-0.2, 0) is 16.2 Å². The van der Waals surface area contributed by atoms with Crippen molar-refractivity contribution in [3.8, 4) is 11.5 Å². The SMILES string of the molecule is COc1cc(/C=C2\C(=O)NC(=O)N(c3ccc([N+](=O)[O-])cc3)C2=O)ccc1OCc1cccc(F)c1. The van der Waals surface area contributed by atoms with Gasteiger partial charge in [-0.3, -0.25) is 25.0 Å². The molecule has 0 radical (unpaired) electrons. The van der Waals surface area contributed by atoms with E-state index in [4.69, 9.17) is 9.47 Å². The highest BCUT2D eigenvalue weighted by atomic mass is 19.1. The zero-order chi connectivity index (χ0) is 25.8. The van der Waals surface area contributed by atoms with Crippen molar-refractivity contribution < 1.29 is 33.2 Å². The fourth-order valence-electron chi connectivity index (χ4n) is 3.46. The molecule has 0 spiro atoms. The molecule has 182 valence electrons. The average molecular weight is 491 g/mol. The number of imide groups is 2. The first-order chi connectivity index (χ1) is 17.3. The second-order valence-corrected chi connectivity index (χ2v) is 7.56. The lowest BCUT2D eigenvalue weighted by molar-refractivity contribution is -0.384. The van der Waals surface area contributed by atoms with Gasteiger partial charge < -0.3 is 9.47 Å². The number of methoxy groups -OCH3 is 1. The first-order valence-electron chi connectivity index (χ1n) is 10.5. The zero-order valence-electron chi connectivity index (χ0n) is 18.8. The van der Waals surface area contributed by atoms with Gasteiger partial charge >= 0.3 is 6.03 Å². The van der Waals surface area contributed by atoms with Gasteiger partial charge in [-0.2, -0.15) is 0 Å². The quantitative estimate of drug-likeness (QED) is 0.229. The first-order valence-corrected chi connectivity index (χ1v) is 10.5. The second-order valence-electron chi connectivity index (χ2n) is 7.56. The molecule has 10 nitrogen and oxygen atoms in total. The molecule has 1 fully saturated rings. The molecule has 11 heteroatoms. The summed E-state index contributed by atoms with van der Waals surface area (Å²) in [5.74, 6) is -1.53. The van der Waals surface area contributed by atoms with Crippen molar-refractivity contribution >= 4 is 35.3 Å². The van der Waals surface area contributed by atoms with Gasteiger partial charge in [0.2, 0.25) is 0 Å². The van der Waals surface area contributed by atoms with E-state index >= 15 is 0 Å². The number of benzene rings is 3. The van der Waals surface area contributed by atoms with Crippen LogP contribution in [0.4, 0.5) is 20.6 Å². The fourth-order valence-corrected chi connectivity index (χ4v) is 3.46. The predicted octanol–water partition coefficient (Wildman–Crippen LogP) is 3.99. The Kier molecular flexibility index (Phi) is 6.72. The van der Waals surface area contributed by atoms with E-state index in [1.165, 1.54) is 43.5 Å². The molecule has 1 aliphatic rings. The summed E-state index contributed by atoms with van der Waals surface area (Å²) in [6.07, 6.45) is 1.28. The third-order valence-corrected chi connectivity index (χ3v) is 5.20. The smallest absolute Gasteiger partial charge is 0.335 e. The number of hydrogen-bond donors (Lipinski definition) is 1. The number of ether oxygens (including phenoxy) is 2. The number of nitrogens with zero attached hydrogens (tertiary/aromatic N) is 2. The van der Waals surface area contributed by atoms with Gasteiger partial charge in [0, 0.05) is 12.1 Å². The Bertz CT molecular complexity index is 1400. The number of amides is 4. The largest absolute Gasteiger partial charge is 0.493 e. The molecule has 0 unspecified atom stereocenters. The van der Waals surface area contributed by atoms with Crippen molar-refractivity contribution in [3.05, 3.63) is 99.4 Å². The van der Waals surface area contributed by atoms with E-state index in [1.807, 2.05) is 0 Å². The zero-order valence-corrected chi connectivity index (χ0v) is 18.8. The summed E-state index contributed by atoms with van der Waals surface area (Å²) in [5.41, 5.74) is 0.524. The van der Waals surface area contributed by atoms with E-state index in [1.54, 1.807) is 24.3 Å². The lowest BCUT2D eigenvalue weighted by Crippen LogP contribution is -2.54. The summed E-state index contributed by atoms with van der Waals surface area (Å²) in [4.78, 5) is 48.8. The van der Waals surface area contributed by atoms with Gasteiger partial charge in [-0.25, -0.2) is 14.1 Å². The minimum Gasteiger partial charge on any atom is -0.493 e. The minimum absolute atomic E-state index is 0.0557. The normalized spacial score (nSPS) is 14.6. The summed E-state index contributed by atoms with van der Waals surface area (Å²) in [7, 11) is 1.41. The summed E-state index contributed by atoms with van der Waals surface area (Å²) < 4.78 is 24.4. The van der Waals surface area contributed by atoms with Crippen LogP contribution in [0.25, 0.3) is 6.08 Å². The van der Waals surface area contributed by atoms with Crippen molar-refractivity contribution in [1.82, 2.24) is 5.32 Å². The van der Waals surface area contributed by atoms with Crippen molar-refractivity contribution in [2.75, 3.05) is 12.0 Å². The summed E-state index contributed by atoms with van der Waals surface area (Å²) in [6, 6.07) is 14.4. The van der Waals surface area contributed by atoms with E-state index in [-0.39, 0.29) is 29.4 Å². The number of non-ortho nitro benzene ring substituents is 1. The van der Waals surface area contributed by atoms with Gasteiger partial charge in [-0.1, -0.05) is 18.2 Å². The summed E-state index contributed by atoms with van der Waals surface area (Å²) >= 11 is 0. The third kappa shape index (κ3) is 5.04. The summed E-state index contributed by atoms with van der Waals surface area (Å²) in [6.45, 7) is 0.0851. The van der Waals surface area contributed by atoms with Crippen molar-refractivity contribution in [2.45, 2.75) is 6.61 Å². The van der Waals surface area contributed by atoms with Gasteiger partial charge in [0.15, 0.2) is 11.5 Å². The summed E-state index contributed by atoms with van der Waals surface area (Å²) in [5, 5.41) is 13.0. The number of nitro groups is 1. The molecule has 4 rings (SSSR count). The minimum atomic E-state index is -0.977. The maximum atomic E-state index is 13.4. The lowest BCUT2D eigenvalue weighted by atomic mass is 10.1. The molecule has 0 saturated carbocycles. The number of urea groups is 1. The van der Waals surface area contributed by atoms with Crippen molar-refractivity contribution in [2.24, 2.45) is 0 Å². The Balaban J connectivity index is 1.58. The van der Waals surface area contributed by atoms with Crippen LogP contribution in [0.1, 0.15) is 11.1 Å². The highest BCUT2D eigenvalue weighted by molar-refractivity contribution is 6.39. The van der Waals surface area contributed by atoms with E-state index in [9.17, 15) is 28.9 Å². The van der Waals surface area contributed by atoms with Crippen LogP contribution in [0.5, 0.6) is 11.5 Å². The Morgan fingerprint density at radius 2 is 1.78 bits per heavy atom. The fraction of sp³-hybridized carbons (Fsp3) is 0.0800. The molecule has 3 aromatic carbocycles. The van der Waals surface area contributed by atoms with E-state index < -0.39 is 22.8 Å². The Morgan fingerprint density at radius 3 is 2.44 bits per heavy atom. The molecule has 36 heavy (non-hydrogen) atoms. The Morgan fingerprint density at radius 1 is 1.03 bits per heavy atom. The van der Waals surface area contributed by atoms with E-state index in [0.717, 1.165) is 12.1 Å². The van der Waals surface area contributed by atoms with Crippen LogP contribution in [0.2, 0.25) is 0 Å². The standard InChI is InChI=1S/C25H18FN3O7/c1-35-22-13-15(5-10-21(22)36-14-16-3-2-4-17(26)11-16)12-20-23(30)27-25(32)28(24(20)31)18-6-8-19(9-7-18)29(33)34/h2-13H,14H2,1H3,(H,27,30,32)/b20-12+. The molecule has 1 N–H and O–H groups in total. The molecule has 1 heterocycles. The van der Waals surface area contributed by atoms with Crippen LogP contribution in [0.15, 0.2) is 72.3 Å². The number of nitro benzene ring substituents is 1. The predicted molar refractivity (Wildman–Crippen MR) is 126 cm³/mol. The highest BCUT2D eigenvalue weighted by Crippen LogP contribution is 2.31. The van der Waals surface area contributed by atoms with Crippen LogP contribution < -0.4 is 19.7 Å².